The van der Waals surface area contributed by atoms with Gasteiger partial charge in [0.05, 0.1) is 0 Å². The Morgan fingerprint density at radius 1 is 1.53 bits per heavy atom. The maximum Gasteiger partial charge on any atom is 0.222 e. The van der Waals surface area contributed by atoms with Gasteiger partial charge in [-0.1, -0.05) is 33.6 Å². The van der Waals surface area contributed by atoms with Crippen molar-refractivity contribution in [3.8, 4) is 0 Å². The number of hydrogen-bond acceptors (Lipinski definition) is 2. The van der Waals surface area contributed by atoms with Crippen LogP contribution in [-0.4, -0.2) is 29.9 Å². The predicted octanol–water partition coefficient (Wildman–Crippen LogP) is 1.62. The molecule has 1 amide bonds. The molecule has 0 aliphatic carbocycles. The van der Waals surface area contributed by atoms with Crippen LogP contribution in [0.1, 0.15) is 40.0 Å². The van der Waals surface area contributed by atoms with Gasteiger partial charge in [-0.15, -0.1) is 0 Å². The Bertz CT molecular complexity index is 218. The Morgan fingerprint density at radius 2 is 2.20 bits per heavy atom. The fourth-order valence-corrected chi connectivity index (χ4v) is 2.04. The van der Waals surface area contributed by atoms with E-state index < -0.39 is 0 Å². The summed E-state index contributed by atoms with van der Waals surface area (Å²) >= 11 is 0. The zero-order chi connectivity index (χ0) is 11.4. The number of nitrogens with two attached hydrogens (primary N) is 1. The quantitative estimate of drug-likeness (QED) is 0.752. The summed E-state index contributed by atoms with van der Waals surface area (Å²) in [5, 5.41) is 0. The molecule has 88 valence electrons. The molecule has 3 unspecified atom stereocenters. The van der Waals surface area contributed by atoms with Crippen molar-refractivity contribution in [1.82, 2.24) is 4.90 Å². The summed E-state index contributed by atoms with van der Waals surface area (Å²) in [5.41, 5.74) is 6.06. The average molecular weight is 212 g/mol. The van der Waals surface area contributed by atoms with Crippen molar-refractivity contribution in [1.29, 1.82) is 0 Å². The van der Waals surface area contributed by atoms with Crippen LogP contribution in [0.3, 0.4) is 0 Å². The zero-order valence-corrected chi connectivity index (χ0v) is 10.2. The third-order valence-corrected chi connectivity index (χ3v) is 3.68. The van der Waals surface area contributed by atoms with Crippen LogP contribution in [0.2, 0.25) is 0 Å². The van der Waals surface area contributed by atoms with Crippen LogP contribution in [0.25, 0.3) is 0 Å². The van der Waals surface area contributed by atoms with Crippen LogP contribution >= 0.6 is 0 Å². The van der Waals surface area contributed by atoms with E-state index in [1.54, 1.807) is 0 Å². The molecule has 1 aliphatic rings. The molecular weight excluding hydrogens is 188 g/mol. The van der Waals surface area contributed by atoms with Gasteiger partial charge in [-0.05, 0) is 11.8 Å². The Morgan fingerprint density at radius 3 is 2.67 bits per heavy atom. The standard InChI is InChI=1S/C12H24N2O/c1-4-9(3)11(13)8-14-7-10(5-2)6-12(14)15/h9-11H,4-8,13H2,1-3H3. The number of hydrogen-bond donors (Lipinski definition) is 1. The van der Waals surface area contributed by atoms with Crippen molar-refractivity contribution in [2.75, 3.05) is 13.1 Å². The van der Waals surface area contributed by atoms with Crippen LogP contribution in [0.15, 0.2) is 0 Å². The molecule has 0 spiro atoms. The highest BCUT2D eigenvalue weighted by atomic mass is 16.2. The first-order valence-corrected chi connectivity index (χ1v) is 6.11. The predicted molar refractivity (Wildman–Crippen MR) is 62.4 cm³/mol. The molecule has 15 heavy (non-hydrogen) atoms. The summed E-state index contributed by atoms with van der Waals surface area (Å²) < 4.78 is 0. The second-order valence-electron chi connectivity index (χ2n) is 4.83. The van der Waals surface area contributed by atoms with Gasteiger partial charge in [0.2, 0.25) is 5.91 Å². The van der Waals surface area contributed by atoms with Crippen molar-refractivity contribution < 1.29 is 4.79 Å². The van der Waals surface area contributed by atoms with E-state index in [-0.39, 0.29) is 6.04 Å². The summed E-state index contributed by atoms with van der Waals surface area (Å²) in [7, 11) is 0. The largest absolute Gasteiger partial charge is 0.341 e. The molecule has 0 bridgehead atoms. The van der Waals surface area contributed by atoms with E-state index in [1.165, 1.54) is 0 Å². The van der Waals surface area contributed by atoms with Crippen LogP contribution in [0.5, 0.6) is 0 Å². The van der Waals surface area contributed by atoms with Gasteiger partial charge in [-0.3, -0.25) is 4.79 Å². The summed E-state index contributed by atoms with van der Waals surface area (Å²) in [6.45, 7) is 8.10. The van der Waals surface area contributed by atoms with E-state index in [0.29, 0.717) is 17.7 Å². The molecule has 0 aromatic rings. The van der Waals surface area contributed by atoms with Gasteiger partial charge in [-0.2, -0.15) is 0 Å². The van der Waals surface area contributed by atoms with Gasteiger partial charge < -0.3 is 10.6 Å². The number of likely N-dealkylation sites (tertiary alicyclic amines) is 1. The van der Waals surface area contributed by atoms with E-state index in [1.807, 2.05) is 4.90 Å². The van der Waals surface area contributed by atoms with E-state index in [2.05, 4.69) is 20.8 Å². The molecule has 1 saturated heterocycles. The van der Waals surface area contributed by atoms with Crippen molar-refractivity contribution in [2.24, 2.45) is 17.6 Å². The second kappa shape index (κ2) is 5.50. The first-order valence-electron chi connectivity index (χ1n) is 6.11. The first kappa shape index (κ1) is 12.5. The highest BCUT2D eigenvalue weighted by molar-refractivity contribution is 5.78. The van der Waals surface area contributed by atoms with Crippen LogP contribution in [0.4, 0.5) is 0 Å². The number of rotatable bonds is 5. The van der Waals surface area contributed by atoms with E-state index in [0.717, 1.165) is 32.4 Å². The molecule has 3 atom stereocenters. The average Bonchev–Trinajstić information content (AvgIpc) is 2.58. The van der Waals surface area contributed by atoms with Gasteiger partial charge in [0.1, 0.15) is 0 Å². The fourth-order valence-electron chi connectivity index (χ4n) is 2.04. The minimum Gasteiger partial charge on any atom is -0.341 e. The molecule has 1 heterocycles. The van der Waals surface area contributed by atoms with Crippen LogP contribution in [0, 0.1) is 11.8 Å². The minimum absolute atomic E-state index is 0.134. The molecule has 0 aromatic heterocycles. The van der Waals surface area contributed by atoms with Crippen molar-refractivity contribution >= 4 is 5.91 Å². The van der Waals surface area contributed by atoms with E-state index in [4.69, 9.17) is 5.73 Å². The van der Waals surface area contributed by atoms with Crippen molar-refractivity contribution in [2.45, 2.75) is 46.1 Å². The summed E-state index contributed by atoms with van der Waals surface area (Å²) in [4.78, 5) is 13.6. The van der Waals surface area contributed by atoms with Gasteiger partial charge >= 0.3 is 0 Å². The highest BCUT2D eigenvalue weighted by Gasteiger charge is 2.29. The Labute approximate surface area is 93.0 Å². The van der Waals surface area contributed by atoms with Crippen molar-refractivity contribution in [3.05, 3.63) is 0 Å². The third kappa shape index (κ3) is 3.20. The topological polar surface area (TPSA) is 46.3 Å². The zero-order valence-electron chi connectivity index (χ0n) is 10.2. The normalized spacial score (nSPS) is 25.7. The summed E-state index contributed by atoms with van der Waals surface area (Å²) in [5.74, 6) is 1.35. The molecule has 0 aromatic carbocycles. The van der Waals surface area contributed by atoms with Gasteiger partial charge in [-0.25, -0.2) is 0 Å². The Hall–Kier alpha value is -0.570. The number of carbonyl (C=O) groups is 1. The molecule has 0 radical (unpaired) electrons. The van der Waals surface area contributed by atoms with Gasteiger partial charge in [0, 0.05) is 25.6 Å². The van der Waals surface area contributed by atoms with Gasteiger partial charge in [0.15, 0.2) is 0 Å². The van der Waals surface area contributed by atoms with Crippen LogP contribution in [-0.2, 0) is 4.79 Å². The molecular formula is C12H24N2O. The molecule has 1 aliphatic heterocycles. The van der Waals surface area contributed by atoms with E-state index >= 15 is 0 Å². The first-order chi connectivity index (χ1) is 7.08. The third-order valence-electron chi connectivity index (χ3n) is 3.68. The summed E-state index contributed by atoms with van der Waals surface area (Å²) in [6, 6.07) is 0.134. The lowest BCUT2D eigenvalue weighted by Gasteiger charge is -2.25. The summed E-state index contributed by atoms with van der Waals surface area (Å²) in [6.07, 6.45) is 2.91. The lowest BCUT2D eigenvalue weighted by molar-refractivity contribution is -0.128. The lowest BCUT2D eigenvalue weighted by Crippen LogP contribution is -2.42. The maximum atomic E-state index is 11.7. The highest BCUT2D eigenvalue weighted by Crippen LogP contribution is 2.21. The van der Waals surface area contributed by atoms with Crippen molar-refractivity contribution in [3.63, 3.8) is 0 Å². The van der Waals surface area contributed by atoms with E-state index in [9.17, 15) is 4.79 Å². The van der Waals surface area contributed by atoms with Gasteiger partial charge in [0.25, 0.3) is 0 Å². The molecule has 3 heteroatoms. The number of amides is 1. The smallest absolute Gasteiger partial charge is 0.222 e. The lowest BCUT2D eigenvalue weighted by atomic mass is 10.00. The number of nitrogens with zero attached hydrogens (tertiary/aromatic N) is 1. The SMILES string of the molecule is CCC1CC(=O)N(CC(N)C(C)CC)C1. The molecule has 0 saturated carbocycles. The minimum atomic E-state index is 0.134. The molecule has 3 nitrogen and oxygen atoms in total. The van der Waals surface area contributed by atoms with Crippen LogP contribution < -0.4 is 5.73 Å². The Kier molecular flexibility index (Phi) is 4.58. The molecule has 1 fully saturated rings. The fraction of sp³-hybridized carbons (Fsp3) is 0.917. The monoisotopic (exact) mass is 212 g/mol. The molecule has 2 N–H and O–H groups in total. The maximum absolute atomic E-state index is 11.7. The number of carbonyl (C=O) groups excluding carboxylic acids is 1. The second-order valence-corrected chi connectivity index (χ2v) is 4.83. The Balaban J connectivity index is 2.42. The molecule has 1 rings (SSSR count).